The molecule has 0 saturated carbocycles. The molecule has 1 fully saturated rings. The largest absolute Gasteiger partial charge is 0.356 e. The van der Waals surface area contributed by atoms with E-state index in [1.807, 2.05) is 4.90 Å². The topological polar surface area (TPSA) is 92.5 Å². The van der Waals surface area contributed by atoms with E-state index in [0.29, 0.717) is 31.1 Å². The van der Waals surface area contributed by atoms with Crippen LogP contribution in [0.2, 0.25) is 0 Å². The van der Waals surface area contributed by atoms with E-state index in [4.69, 9.17) is 0 Å². The third kappa shape index (κ3) is 4.79. The molecule has 1 saturated heterocycles. The Hall–Kier alpha value is -2.73. The number of sulfonamides is 1. The predicted molar refractivity (Wildman–Crippen MR) is 109 cm³/mol. The van der Waals surface area contributed by atoms with Crippen molar-refractivity contribution in [2.75, 3.05) is 30.8 Å². The molecule has 8 nitrogen and oxygen atoms in total. The van der Waals surface area contributed by atoms with Gasteiger partial charge in [0.25, 0.3) is 6.43 Å². The van der Waals surface area contributed by atoms with Crippen molar-refractivity contribution in [2.45, 2.75) is 19.3 Å². The number of fused-ring (bicyclic) bond motifs is 1. The van der Waals surface area contributed by atoms with Gasteiger partial charge in [0.1, 0.15) is 11.5 Å². The molecular formula is C19H21F3N6O2S. The number of pyridine rings is 1. The highest BCUT2D eigenvalue weighted by Crippen LogP contribution is 2.29. The molecule has 0 spiro atoms. The minimum atomic E-state index is -3.28. The van der Waals surface area contributed by atoms with Crippen molar-refractivity contribution < 1.29 is 21.6 Å². The quantitative estimate of drug-likeness (QED) is 0.616. The van der Waals surface area contributed by atoms with Crippen LogP contribution in [0.15, 0.2) is 30.6 Å². The molecule has 4 rings (SSSR count). The zero-order valence-corrected chi connectivity index (χ0v) is 17.5. The molecule has 3 aromatic rings. The van der Waals surface area contributed by atoms with Gasteiger partial charge in [-0.25, -0.2) is 40.8 Å². The smallest absolute Gasteiger partial charge is 0.282 e. The van der Waals surface area contributed by atoms with Crippen molar-refractivity contribution in [1.29, 1.82) is 0 Å². The predicted octanol–water partition coefficient (Wildman–Crippen LogP) is 2.63. The van der Waals surface area contributed by atoms with Crippen molar-refractivity contribution in [1.82, 2.24) is 24.3 Å². The molecule has 12 heteroatoms. The van der Waals surface area contributed by atoms with Crippen LogP contribution < -0.4 is 9.62 Å². The highest BCUT2D eigenvalue weighted by molar-refractivity contribution is 7.88. The second-order valence-corrected chi connectivity index (χ2v) is 9.40. The molecule has 31 heavy (non-hydrogen) atoms. The van der Waals surface area contributed by atoms with E-state index >= 15 is 0 Å². The van der Waals surface area contributed by atoms with E-state index in [0.717, 1.165) is 25.3 Å². The summed E-state index contributed by atoms with van der Waals surface area (Å²) in [5, 5.41) is 3.89. The first-order valence-electron chi connectivity index (χ1n) is 9.69. The summed E-state index contributed by atoms with van der Waals surface area (Å²) in [4.78, 5) is 10.3. The van der Waals surface area contributed by atoms with Gasteiger partial charge in [0.15, 0.2) is 11.5 Å². The number of nitrogens with one attached hydrogen (secondary N) is 1. The second-order valence-electron chi connectivity index (χ2n) is 7.57. The average molecular weight is 454 g/mol. The van der Waals surface area contributed by atoms with Crippen LogP contribution in [0, 0.1) is 11.7 Å². The van der Waals surface area contributed by atoms with Crippen LogP contribution in [0.4, 0.5) is 19.0 Å². The number of rotatable bonds is 6. The third-order valence-electron chi connectivity index (χ3n) is 5.20. The summed E-state index contributed by atoms with van der Waals surface area (Å²) in [5.41, 5.74) is 0.277. The lowest BCUT2D eigenvalue weighted by Gasteiger charge is -2.33. The van der Waals surface area contributed by atoms with E-state index < -0.39 is 28.0 Å². The third-order valence-corrected chi connectivity index (χ3v) is 5.89. The molecule has 1 unspecified atom stereocenters. The number of alkyl halides is 2. The van der Waals surface area contributed by atoms with Crippen LogP contribution in [0.5, 0.6) is 0 Å². The molecule has 1 N–H and O–H groups in total. The second kappa shape index (κ2) is 8.42. The fourth-order valence-corrected chi connectivity index (χ4v) is 4.23. The van der Waals surface area contributed by atoms with E-state index in [1.54, 1.807) is 6.07 Å². The van der Waals surface area contributed by atoms with Gasteiger partial charge in [0, 0.05) is 25.2 Å². The van der Waals surface area contributed by atoms with Gasteiger partial charge in [-0.15, -0.1) is 0 Å². The Morgan fingerprint density at radius 3 is 2.81 bits per heavy atom. The van der Waals surface area contributed by atoms with Gasteiger partial charge in [0.2, 0.25) is 10.0 Å². The number of nitrogens with zero attached hydrogens (tertiary/aromatic N) is 5. The minimum absolute atomic E-state index is 0.0878. The van der Waals surface area contributed by atoms with E-state index in [-0.39, 0.29) is 17.2 Å². The summed E-state index contributed by atoms with van der Waals surface area (Å²) in [6, 6.07) is 4.13. The molecule has 0 amide bonds. The summed E-state index contributed by atoms with van der Waals surface area (Å²) in [6.45, 7) is 1.56. The number of imidazole rings is 1. The number of halogens is 3. The number of hydrogen-bond acceptors (Lipinski definition) is 6. The fourth-order valence-electron chi connectivity index (χ4n) is 3.69. The Kier molecular flexibility index (Phi) is 5.84. The number of aromatic nitrogens is 4. The first-order valence-corrected chi connectivity index (χ1v) is 11.6. The summed E-state index contributed by atoms with van der Waals surface area (Å²) >= 11 is 0. The molecule has 166 valence electrons. The van der Waals surface area contributed by atoms with Crippen LogP contribution in [0.1, 0.15) is 25.0 Å². The zero-order chi connectivity index (χ0) is 22.2. The Labute approximate surface area is 177 Å². The first kappa shape index (κ1) is 21.5. The van der Waals surface area contributed by atoms with Crippen LogP contribution in [0.25, 0.3) is 16.9 Å². The monoisotopic (exact) mass is 454 g/mol. The van der Waals surface area contributed by atoms with Gasteiger partial charge in [-0.2, -0.15) is 5.10 Å². The molecule has 4 heterocycles. The van der Waals surface area contributed by atoms with Gasteiger partial charge in [-0.3, -0.25) is 0 Å². The lowest BCUT2D eigenvalue weighted by Crippen LogP contribution is -2.41. The summed E-state index contributed by atoms with van der Waals surface area (Å²) in [6.07, 6.45) is 2.52. The Morgan fingerprint density at radius 2 is 2.06 bits per heavy atom. The molecule has 3 aromatic heterocycles. The lowest BCUT2D eigenvalue weighted by molar-refractivity contribution is 0.144. The number of hydrogen-bond donors (Lipinski definition) is 1. The maximum absolute atomic E-state index is 14.6. The molecule has 0 aliphatic carbocycles. The normalized spacial score (nSPS) is 17.6. The SMILES string of the molecule is CS(=O)(=O)NCC1CCCN(c2cc(-c3cnc4ccc(C(F)F)nn34)c(F)cn2)C1. The van der Waals surface area contributed by atoms with Crippen LogP contribution in [-0.4, -0.2) is 53.9 Å². The number of anilines is 1. The average Bonchev–Trinajstić information content (AvgIpc) is 3.15. The van der Waals surface area contributed by atoms with E-state index in [1.165, 1.54) is 22.8 Å². The molecule has 0 radical (unpaired) electrons. The van der Waals surface area contributed by atoms with Gasteiger partial charge in [0.05, 0.1) is 24.3 Å². The fraction of sp³-hybridized carbons (Fsp3) is 0.421. The minimum Gasteiger partial charge on any atom is -0.356 e. The lowest BCUT2D eigenvalue weighted by atomic mass is 9.98. The maximum atomic E-state index is 14.6. The van der Waals surface area contributed by atoms with E-state index in [2.05, 4.69) is 19.8 Å². The highest BCUT2D eigenvalue weighted by Gasteiger charge is 2.23. The molecular weight excluding hydrogens is 433 g/mol. The maximum Gasteiger partial charge on any atom is 0.282 e. The standard InChI is InChI=1S/C19H21F3N6O2S/c1-31(29,30)25-8-12-3-2-6-27(11-12)18-7-13(14(20)9-23-18)16-10-24-17-5-4-15(19(21)22)26-28(16)17/h4-5,7,9-10,12,19,25H,2-3,6,8,11H2,1H3. The highest BCUT2D eigenvalue weighted by atomic mass is 32.2. The molecule has 1 atom stereocenters. The number of piperidine rings is 1. The Bertz CT molecular complexity index is 1200. The van der Waals surface area contributed by atoms with Crippen LogP contribution >= 0.6 is 0 Å². The summed E-state index contributed by atoms with van der Waals surface area (Å²) in [5.74, 6) is -0.0210. The van der Waals surface area contributed by atoms with Gasteiger partial charge in [-0.05, 0) is 37.0 Å². The summed E-state index contributed by atoms with van der Waals surface area (Å²) < 4.78 is 67.2. The van der Waals surface area contributed by atoms with Crippen LogP contribution in [0.3, 0.4) is 0 Å². The van der Waals surface area contributed by atoms with Gasteiger partial charge < -0.3 is 4.90 Å². The van der Waals surface area contributed by atoms with Crippen molar-refractivity contribution in [3.63, 3.8) is 0 Å². The Balaban J connectivity index is 1.63. The zero-order valence-electron chi connectivity index (χ0n) is 16.7. The molecule has 0 aromatic carbocycles. The molecule has 1 aliphatic rings. The van der Waals surface area contributed by atoms with Crippen LogP contribution in [-0.2, 0) is 10.0 Å². The molecule has 1 aliphatic heterocycles. The van der Waals surface area contributed by atoms with E-state index in [9.17, 15) is 21.6 Å². The summed E-state index contributed by atoms with van der Waals surface area (Å²) in [7, 11) is -3.28. The van der Waals surface area contributed by atoms with Crippen molar-refractivity contribution in [2.24, 2.45) is 5.92 Å². The molecule has 0 bridgehead atoms. The van der Waals surface area contributed by atoms with Crippen molar-refractivity contribution >= 4 is 21.5 Å². The van der Waals surface area contributed by atoms with Crippen molar-refractivity contribution in [3.8, 4) is 11.3 Å². The van der Waals surface area contributed by atoms with Gasteiger partial charge in [-0.1, -0.05) is 0 Å². The van der Waals surface area contributed by atoms with Crippen molar-refractivity contribution in [3.05, 3.63) is 42.1 Å². The van der Waals surface area contributed by atoms with Gasteiger partial charge >= 0.3 is 0 Å². The first-order chi connectivity index (χ1) is 14.7. The Morgan fingerprint density at radius 1 is 1.26 bits per heavy atom.